The zero-order valence-corrected chi connectivity index (χ0v) is 14.5. The average Bonchev–Trinajstić information content (AvgIpc) is 2.59. The number of hydrogen-bond acceptors (Lipinski definition) is 5. The fourth-order valence-electron chi connectivity index (χ4n) is 2.23. The molecule has 7 nitrogen and oxygen atoms in total. The summed E-state index contributed by atoms with van der Waals surface area (Å²) in [6.07, 6.45) is 0. The van der Waals surface area contributed by atoms with E-state index in [0.29, 0.717) is 11.6 Å². The Bertz CT molecular complexity index is 795. The Morgan fingerprint density at radius 1 is 1.28 bits per heavy atom. The quantitative estimate of drug-likeness (QED) is 0.599. The Morgan fingerprint density at radius 2 is 2.04 bits per heavy atom. The molecular weight excluding hydrogens is 348 g/mol. The summed E-state index contributed by atoms with van der Waals surface area (Å²) >= 11 is 5.90. The van der Waals surface area contributed by atoms with Crippen LogP contribution >= 0.6 is 11.6 Å². The molecule has 0 aliphatic heterocycles. The number of carbonyl (C=O) groups excluding carboxylic acids is 1. The predicted octanol–water partition coefficient (Wildman–Crippen LogP) is 3.59. The number of methoxy groups -OCH3 is 1. The number of hydrogen-bond donors (Lipinski definition) is 1. The second-order valence-electron chi connectivity index (χ2n) is 5.02. The van der Waals surface area contributed by atoms with E-state index in [9.17, 15) is 14.9 Å². The first-order valence-corrected chi connectivity index (χ1v) is 7.86. The zero-order valence-electron chi connectivity index (χ0n) is 13.7. The number of nitrogens with one attached hydrogen (secondary N) is 1. The second-order valence-corrected chi connectivity index (χ2v) is 5.46. The van der Waals surface area contributed by atoms with Gasteiger partial charge in [-0.15, -0.1) is 0 Å². The summed E-state index contributed by atoms with van der Waals surface area (Å²) in [6.45, 7) is 2.28. The van der Waals surface area contributed by atoms with E-state index in [1.54, 1.807) is 31.2 Å². The van der Waals surface area contributed by atoms with Gasteiger partial charge in [-0.2, -0.15) is 0 Å². The highest BCUT2D eigenvalue weighted by Crippen LogP contribution is 2.34. The van der Waals surface area contributed by atoms with Gasteiger partial charge in [0, 0.05) is 17.6 Å². The normalized spacial score (nSPS) is 10.2. The number of nitro benzene ring substituents is 1. The van der Waals surface area contributed by atoms with E-state index in [1.165, 1.54) is 19.2 Å². The lowest BCUT2D eigenvalue weighted by Crippen LogP contribution is -2.24. The van der Waals surface area contributed by atoms with Gasteiger partial charge in [0.05, 0.1) is 24.7 Å². The highest BCUT2D eigenvalue weighted by Gasteiger charge is 2.24. The number of amides is 1. The lowest BCUT2D eigenvalue weighted by molar-refractivity contribution is -0.385. The fourth-order valence-corrected chi connectivity index (χ4v) is 2.45. The minimum Gasteiger partial charge on any atom is -0.493 e. The smallest absolute Gasteiger partial charge is 0.286 e. The van der Waals surface area contributed by atoms with Crippen LogP contribution in [0.1, 0.15) is 22.8 Å². The maximum Gasteiger partial charge on any atom is 0.286 e. The van der Waals surface area contributed by atoms with Gasteiger partial charge in [-0.1, -0.05) is 23.7 Å². The number of rotatable bonds is 7. The highest BCUT2D eigenvalue weighted by atomic mass is 35.5. The lowest BCUT2D eigenvalue weighted by Gasteiger charge is -2.12. The van der Waals surface area contributed by atoms with Gasteiger partial charge in [0.25, 0.3) is 11.6 Å². The molecule has 0 saturated carbocycles. The van der Waals surface area contributed by atoms with Gasteiger partial charge in [-0.3, -0.25) is 14.9 Å². The molecule has 0 aliphatic carbocycles. The van der Waals surface area contributed by atoms with Crippen LogP contribution in [0, 0.1) is 10.1 Å². The van der Waals surface area contributed by atoms with Crippen molar-refractivity contribution in [1.29, 1.82) is 0 Å². The molecule has 0 saturated heterocycles. The summed E-state index contributed by atoms with van der Waals surface area (Å²) in [4.78, 5) is 23.1. The second kappa shape index (κ2) is 8.34. The van der Waals surface area contributed by atoms with Crippen molar-refractivity contribution in [1.82, 2.24) is 5.32 Å². The molecule has 0 bridgehead atoms. The third-order valence-corrected chi connectivity index (χ3v) is 3.60. The largest absolute Gasteiger partial charge is 0.493 e. The molecule has 25 heavy (non-hydrogen) atoms. The molecule has 0 unspecified atom stereocenters. The van der Waals surface area contributed by atoms with Crippen molar-refractivity contribution in [2.24, 2.45) is 0 Å². The van der Waals surface area contributed by atoms with Crippen molar-refractivity contribution >= 4 is 23.2 Å². The van der Waals surface area contributed by atoms with E-state index in [0.717, 1.165) is 5.56 Å². The first-order chi connectivity index (χ1) is 12.0. The van der Waals surface area contributed by atoms with Crippen LogP contribution in [0.15, 0.2) is 36.4 Å². The molecule has 0 heterocycles. The van der Waals surface area contributed by atoms with Crippen molar-refractivity contribution < 1.29 is 19.2 Å². The number of ether oxygens (including phenoxy) is 2. The van der Waals surface area contributed by atoms with Crippen molar-refractivity contribution in [3.05, 3.63) is 62.7 Å². The van der Waals surface area contributed by atoms with Crippen LogP contribution in [0.3, 0.4) is 0 Å². The van der Waals surface area contributed by atoms with Crippen LogP contribution in [0.25, 0.3) is 0 Å². The summed E-state index contributed by atoms with van der Waals surface area (Å²) in [7, 11) is 1.38. The van der Waals surface area contributed by atoms with Crippen LogP contribution < -0.4 is 14.8 Å². The van der Waals surface area contributed by atoms with Crippen LogP contribution in [-0.2, 0) is 6.54 Å². The van der Waals surface area contributed by atoms with E-state index in [-0.39, 0.29) is 29.3 Å². The van der Waals surface area contributed by atoms with Crippen molar-refractivity contribution in [3.63, 3.8) is 0 Å². The standard InChI is InChI=1S/C17H17ClN2O5/c1-3-25-16-8-13(14(20(22)23)9-15(16)24-2)17(21)19-10-11-5-4-6-12(18)7-11/h4-9H,3,10H2,1-2H3,(H,19,21). The Kier molecular flexibility index (Phi) is 6.19. The van der Waals surface area contributed by atoms with E-state index >= 15 is 0 Å². The van der Waals surface area contributed by atoms with E-state index in [1.807, 2.05) is 0 Å². The average molecular weight is 365 g/mol. The van der Waals surface area contributed by atoms with Crippen LogP contribution in [0.4, 0.5) is 5.69 Å². The summed E-state index contributed by atoms with van der Waals surface area (Å²) in [5.74, 6) is -0.126. The van der Waals surface area contributed by atoms with Gasteiger partial charge in [-0.25, -0.2) is 0 Å². The number of carbonyl (C=O) groups is 1. The number of nitrogens with zero attached hydrogens (tertiary/aromatic N) is 1. The van der Waals surface area contributed by atoms with E-state index in [4.69, 9.17) is 21.1 Å². The van der Waals surface area contributed by atoms with Crippen molar-refractivity contribution in [2.75, 3.05) is 13.7 Å². The summed E-state index contributed by atoms with van der Waals surface area (Å²) in [5, 5.41) is 14.5. The third-order valence-electron chi connectivity index (χ3n) is 3.37. The monoisotopic (exact) mass is 364 g/mol. The van der Waals surface area contributed by atoms with Gasteiger partial charge in [0.1, 0.15) is 5.56 Å². The van der Waals surface area contributed by atoms with Crippen molar-refractivity contribution in [2.45, 2.75) is 13.5 Å². The SMILES string of the molecule is CCOc1cc(C(=O)NCc2cccc(Cl)c2)c([N+](=O)[O-])cc1OC. The maximum atomic E-state index is 12.4. The topological polar surface area (TPSA) is 90.7 Å². The Hall–Kier alpha value is -2.80. The number of nitro groups is 1. The third kappa shape index (κ3) is 4.60. The molecule has 1 amide bonds. The van der Waals surface area contributed by atoms with Gasteiger partial charge >= 0.3 is 0 Å². The molecule has 0 fully saturated rings. The fraction of sp³-hybridized carbons (Fsp3) is 0.235. The molecular formula is C17H17ClN2O5. The summed E-state index contributed by atoms with van der Waals surface area (Å²) in [5.41, 5.74) is 0.322. The van der Waals surface area contributed by atoms with Gasteiger partial charge < -0.3 is 14.8 Å². The van der Waals surface area contributed by atoms with Gasteiger partial charge in [-0.05, 0) is 24.6 Å². The number of benzene rings is 2. The molecule has 0 aromatic heterocycles. The molecule has 132 valence electrons. The number of halogens is 1. The van der Waals surface area contributed by atoms with E-state index < -0.39 is 10.8 Å². The minimum absolute atomic E-state index is 0.101. The van der Waals surface area contributed by atoms with Crippen LogP contribution in [0.2, 0.25) is 5.02 Å². The van der Waals surface area contributed by atoms with E-state index in [2.05, 4.69) is 5.32 Å². The molecule has 2 rings (SSSR count). The Balaban J connectivity index is 2.30. The zero-order chi connectivity index (χ0) is 18.4. The Labute approximate surface area is 149 Å². The molecule has 0 atom stereocenters. The molecule has 1 N–H and O–H groups in total. The first-order valence-electron chi connectivity index (χ1n) is 7.48. The van der Waals surface area contributed by atoms with Gasteiger partial charge in [0.2, 0.25) is 0 Å². The summed E-state index contributed by atoms with van der Waals surface area (Å²) in [6, 6.07) is 9.46. The molecule has 2 aromatic rings. The maximum absolute atomic E-state index is 12.4. The minimum atomic E-state index is -0.632. The van der Waals surface area contributed by atoms with Gasteiger partial charge in [0.15, 0.2) is 11.5 Å². The predicted molar refractivity (Wildman–Crippen MR) is 93.4 cm³/mol. The van der Waals surface area contributed by atoms with Crippen LogP contribution in [0.5, 0.6) is 11.5 Å². The highest BCUT2D eigenvalue weighted by molar-refractivity contribution is 6.30. The lowest BCUT2D eigenvalue weighted by atomic mass is 10.1. The Morgan fingerprint density at radius 3 is 2.64 bits per heavy atom. The molecule has 0 radical (unpaired) electrons. The molecule has 8 heteroatoms. The summed E-state index contributed by atoms with van der Waals surface area (Å²) < 4.78 is 10.5. The molecule has 0 spiro atoms. The molecule has 0 aliphatic rings. The first kappa shape index (κ1) is 18.5. The van der Waals surface area contributed by atoms with Crippen LogP contribution in [-0.4, -0.2) is 24.5 Å². The van der Waals surface area contributed by atoms with Crippen molar-refractivity contribution in [3.8, 4) is 11.5 Å². The molecule has 2 aromatic carbocycles.